The number of cyclic esters (lactones) is 2. The van der Waals surface area contributed by atoms with Gasteiger partial charge in [-0.3, -0.25) is 9.59 Å². The van der Waals surface area contributed by atoms with Gasteiger partial charge in [0.1, 0.15) is 0 Å². The van der Waals surface area contributed by atoms with Crippen LogP contribution in [0.4, 0.5) is 0 Å². The maximum atomic E-state index is 12.5. The molecule has 0 bridgehead atoms. The van der Waals surface area contributed by atoms with Gasteiger partial charge in [-0.2, -0.15) is 0 Å². The topological polar surface area (TPSA) is 55.8 Å². The van der Waals surface area contributed by atoms with E-state index in [1.165, 1.54) is 0 Å². The van der Waals surface area contributed by atoms with Gasteiger partial charge >= 0.3 is 11.9 Å². The third-order valence-electron chi connectivity index (χ3n) is 3.39. The lowest BCUT2D eigenvalue weighted by atomic mass is 9.80. The van der Waals surface area contributed by atoms with E-state index in [1.807, 2.05) is 44.4 Å². The summed E-state index contributed by atoms with van der Waals surface area (Å²) in [6, 6.07) is 9.42. The second-order valence-corrected chi connectivity index (χ2v) is 6.16. The van der Waals surface area contributed by atoms with E-state index in [9.17, 15) is 9.59 Å². The molecule has 1 fully saturated rings. The van der Waals surface area contributed by atoms with Crippen molar-refractivity contribution in [2.75, 3.05) is 20.6 Å². The third kappa shape index (κ3) is 3.24. The molecule has 0 saturated carbocycles. The summed E-state index contributed by atoms with van der Waals surface area (Å²) in [6.45, 7) is 3.37. The molecule has 5 heteroatoms. The van der Waals surface area contributed by atoms with Gasteiger partial charge in [-0.05, 0) is 19.7 Å². The highest BCUT2D eigenvalue weighted by atomic mass is 16.7. The Kier molecular flexibility index (Phi) is 4.05. The highest BCUT2D eigenvalue weighted by molar-refractivity contribution is 6.02. The largest absolute Gasteiger partial charge is 0.422 e. The molecule has 1 aromatic rings. The molecule has 114 valence electrons. The number of rotatable bonds is 4. The van der Waals surface area contributed by atoms with Crippen molar-refractivity contribution in [1.82, 2.24) is 4.90 Å². The first-order valence-corrected chi connectivity index (χ1v) is 6.91. The summed E-state index contributed by atoms with van der Waals surface area (Å²) >= 11 is 0. The molecule has 1 aliphatic rings. The molecule has 1 aromatic carbocycles. The van der Waals surface area contributed by atoms with Crippen molar-refractivity contribution in [3.63, 3.8) is 0 Å². The van der Waals surface area contributed by atoms with E-state index in [-0.39, 0.29) is 13.0 Å². The van der Waals surface area contributed by atoms with Crippen molar-refractivity contribution < 1.29 is 19.1 Å². The molecular weight excluding hydrogens is 270 g/mol. The average Bonchev–Trinajstić information content (AvgIpc) is 2.35. The number of carbonyl (C=O) groups is 2. The number of nitrogens with zero attached hydrogens (tertiary/aromatic N) is 1. The van der Waals surface area contributed by atoms with Crippen molar-refractivity contribution in [3.8, 4) is 0 Å². The summed E-state index contributed by atoms with van der Waals surface area (Å²) in [4.78, 5) is 26.9. The van der Waals surface area contributed by atoms with Crippen LogP contribution in [0.2, 0.25) is 0 Å². The summed E-state index contributed by atoms with van der Waals surface area (Å²) in [5, 5.41) is 0. The minimum atomic E-state index is -1.32. The average molecular weight is 291 g/mol. The van der Waals surface area contributed by atoms with Gasteiger partial charge in [-0.25, -0.2) is 0 Å². The first-order chi connectivity index (χ1) is 9.75. The fourth-order valence-electron chi connectivity index (χ4n) is 2.56. The summed E-state index contributed by atoms with van der Waals surface area (Å²) in [5.41, 5.74) is -0.423. The normalized spacial score (nSPS) is 20.0. The van der Waals surface area contributed by atoms with E-state index in [4.69, 9.17) is 9.47 Å². The minimum absolute atomic E-state index is 0.246. The zero-order chi connectivity index (χ0) is 15.7. The van der Waals surface area contributed by atoms with Crippen molar-refractivity contribution in [2.45, 2.75) is 26.1 Å². The van der Waals surface area contributed by atoms with Crippen LogP contribution in [0.3, 0.4) is 0 Å². The van der Waals surface area contributed by atoms with Crippen molar-refractivity contribution in [1.29, 1.82) is 0 Å². The van der Waals surface area contributed by atoms with E-state index < -0.39 is 23.1 Å². The predicted molar refractivity (Wildman–Crippen MR) is 77.4 cm³/mol. The van der Waals surface area contributed by atoms with Crippen molar-refractivity contribution in [2.24, 2.45) is 5.41 Å². The van der Waals surface area contributed by atoms with Gasteiger partial charge in [-0.15, -0.1) is 0 Å². The summed E-state index contributed by atoms with van der Waals surface area (Å²) in [6.07, 6.45) is 0.264. The van der Waals surface area contributed by atoms with Gasteiger partial charge in [0, 0.05) is 26.8 Å². The number of ether oxygens (including phenoxy) is 2. The number of carbonyl (C=O) groups excluding carboxylic acids is 2. The molecule has 21 heavy (non-hydrogen) atoms. The summed E-state index contributed by atoms with van der Waals surface area (Å²) in [7, 11) is 3.63. The fourth-order valence-corrected chi connectivity index (χ4v) is 2.56. The molecule has 2 rings (SSSR count). The van der Waals surface area contributed by atoms with Crippen LogP contribution >= 0.6 is 0 Å². The Bertz CT molecular complexity index is 516. The van der Waals surface area contributed by atoms with Crippen LogP contribution in [0.1, 0.15) is 19.4 Å². The van der Waals surface area contributed by atoms with E-state index in [0.29, 0.717) is 0 Å². The minimum Gasteiger partial charge on any atom is -0.422 e. The molecule has 5 nitrogen and oxygen atoms in total. The predicted octanol–water partition coefficient (Wildman–Crippen LogP) is 1.61. The van der Waals surface area contributed by atoms with Gasteiger partial charge in [0.2, 0.25) is 0 Å². The molecule has 1 heterocycles. The van der Waals surface area contributed by atoms with E-state index >= 15 is 0 Å². The zero-order valence-electron chi connectivity index (χ0n) is 12.9. The Hall–Kier alpha value is -1.88. The lowest BCUT2D eigenvalue weighted by Gasteiger charge is -2.41. The second-order valence-electron chi connectivity index (χ2n) is 6.16. The van der Waals surface area contributed by atoms with Crippen LogP contribution < -0.4 is 0 Å². The first kappa shape index (κ1) is 15.5. The summed E-state index contributed by atoms with van der Waals surface area (Å²) in [5.74, 6) is -2.26. The van der Waals surface area contributed by atoms with Crippen LogP contribution in [-0.2, 0) is 25.5 Å². The van der Waals surface area contributed by atoms with Crippen molar-refractivity contribution in [3.05, 3.63) is 35.9 Å². The fraction of sp³-hybridized carbons (Fsp3) is 0.500. The Morgan fingerprint density at radius 1 is 1.00 bits per heavy atom. The molecular formula is C16H21NO4. The van der Waals surface area contributed by atoms with Crippen molar-refractivity contribution >= 4 is 11.9 Å². The molecule has 0 amide bonds. The molecule has 0 spiro atoms. The quantitative estimate of drug-likeness (QED) is 0.623. The molecule has 1 saturated heterocycles. The van der Waals surface area contributed by atoms with Crippen LogP contribution in [0.5, 0.6) is 0 Å². The first-order valence-electron chi connectivity index (χ1n) is 6.91. The standard InChI is InChI=1S/C16H21NO4/c1-15(2)20-13(18)16(11-17(3)4,14(19)21-15)10-12-8-6-5-7-9-12/h5-9H,10-11H2,1-4H3. The van der Waals surface area contributed by atoms with Gasteiger partial charge in [0.25, 0.3) is 5.79 Å². The van der Waals surface area contributed by atoms with E-state index in [0.717, 1.165) is 5.56 Å². The van der Waals surface area contributed by atoms with E-state index in [1.54, 1.807) is 18.7 Å². The number of hydrogen-bond donors (Lipinski definition) is 0. The van der Waals surface area contributed by atoms with E-state index in [2.05, 4.69) is 0 Å². The Balaban J connectivity index is 2.37. The lowest BCUT2D eigenvalue weighted by Crippen LogP contribution is -2.58. The Labute approximate surface area is 124 Å². The van der Waals surface area contributed by atoms with Gasteiger partial charge < -0.3 is 14.4 Å². The molecule has 0 unspecified atom stereocenters. The summed E-state index contributed by atoms with van der Waals surface area (Å²) < 4.78 is 10.6. The maximum absolute atomic E-state index is 12.5. The molecule has 0 radical (unpaired) electrons. The monoisotopic (exact) mass is 291 g/mol. The Morgan fingerprint density at radius 2 is 1.52 bits per heavy atom. The van der Waals surface area contributed by atoms with Crippen LogP contribution in [0.15, 0.2) is 30.3 Å². The third-order valence-corrected chi connectivity index (χ3v) is 3.39. The van der Waals surface area contributed by atoms with Crippen LogP contribution in [-0.4, -0.2) is 43.3 Å². The molecule has 0 N–H and O–H groups in total. The van der Waals surface area contributed by atoms with Crippen LogP contribution in [0.25, 0.3) is 0 Å². The SMILES string of the molecule is CN(C)CC1(Cc2ccccc2)C(=O)OC(C)(C)OC1=O. The molecule has 0 atom stereocenters. The number of hydrogen-bond acceptors (Lipinski definition) is 5. The Morgan fingerprint density at radius 3 is 2.00 bits per heavy atom. The van der Waals surface area contributed by atoms with Gasteiger partial charge in [-0.1, -0.05) is 30.3 Å². The maximum Gasteiger partial charge on any atom is 0.328 e. The zero-order valence-corrected chi connectivity index (χ0v) is 12.9. The second kappa shape index (κ2) is 5.48. The van der Waals surface area contributed by atoms with Gasteiger partial charge in [0.05, 0.1) is 0 Å². The number of benzene rings is 1. The highest BCUT2D eigenvalue weighted by Gasteiger charge is 2.56. The van der Waals surface area contributed by atoms with Crippen LogP contribution in [0, 0.1) is 5.41 Å². The van der Waals surface area contributed by atoms with Gasteiger partial charge in [0.15, 0.2) is 5.41 Å². The lowest BCUT2D eigenvalue weighted by molar-refractivity contribution is -0.251. The number of esters is 2. The molecule has 1 aliphatic heterocycles. The molecule has 0 aliphatic carbocycles. The molecule has 0 aromatic heterocycles. The smallest absolute Gasteiger partial charge is 0.328 e. The highest BCUT2D eigenvalue weighted by Crippen LogP contribution is 2.36.